The zero-order valence-electron chi connectivity index (χ0n) is 16.6. The van der Waals surface area contributed by atoms with Crippen LogP contribution >= 0.6 is 0 Å². The molecule has 4 rings (SSSR count). The number of ether oxygens (including phenoxy) is 1. The van der Waals surface area contributed by atoms with Crippen molar-refractivity contribution in [2.75, 3.05) is 6.61 Å². The second-order valence-electron chi connectivity index (χ2n) is 7.80. The van der Waals surface area contributed by atoms with E-state index in [1.165, 1.54) is 24.3 Å². The first-order valence-corrected chi connectivity index (χ1v) is 9.84. The zero-order valence-corrected chi connectivity index (χ0v) is 16.6. The Bertz CT molecular complexity index is 1200. The Balaban J connectivity index is 1.72. The van der Waals surface area contributed by atoms with Crippen molar-refractivity contribution >= 4 is 11.0 Å². The zero-order chi connectivity index (χ0) is 23.2. The predicted octanol–water partition coefficient (Wildman–Crippen LogP) is 0.419. The third-order valence-corrected chi connectivity index (χ3v) is 5.66. The van der Waals surface area contributed by atoms with E-state index < -0.39 is 53.9 Å². The van der Waals surface area contributed by atoms with Gasteiger partial charge in [0.2, 0.25) is 0 Å². The lowest BCUT2D eigenvalue weighted by atomic mass is 9.81. The van der Waals surface area contributed by atoms with Crippen molar-refractivity contribution in [3.63, 3.8) is 0 Å². The van der Waals surface area contributed by atoms with Crippen LogP contribution in [-0.2, 0) is 0 Å². The Morgan fingerprint density at radius 2 is 1.66 bits per heavy atom. The lowest BCUT2D eigenvalue weighted by Gasteiger charge is -2.39. The molecule has 0 aliphatic heterocycles. The summed E-state index contributed by atoms with van der Waals surface area (Å²) in [5, 5.41) is 69.1. The standard InChI is InChI=1S/C22H22O10/c23-8-10-4-18(21(29)22(30)20(10)28)31-11-5-14(26)19-15(27)7-16(32-17(19)6-11)9-1-2-12(24)13(25)3-9/h1-3,5-7,10,18,20-26,28-30H,4,8H2. The van der Waals surface area contributed by atoms with E-state index in [-0.39, 0.29) is 34.6 Å². The summed E-state index contributed by atoms with van der Waals surface area (Å²) in [6.45, 7) is -0.425. The maximum atomic E-state index is 12.6. The summed E-state index contributed by atoms with van der Waals surface area (Å²) < 4.78 is 11.4. The quantitative estimate of drug-likeness (QED) is 0.277. The van der Waals surface area contributed by atoms with Crippen molar-refractivity contribution in [2.24, 2.45) is 5.92 Å². The van der Waals surface area contributed by atoms with Gasteiger partial charge in [-0.15, -0.1) is 0 Å². The molecule has 5 unspecified atom stereocenters. The molecule has 1 fully saturated rings. The van der Waals surface area contributed by atoms with Crippen LogP contribution in [0, 0.1) is 5.92 Å². The molecule has 1 heterocycles. The van der Waals surface area contributed by atoms with Crippen molar-refractivity contribution in [1.29, 1.82) is 0 Å². The Labute approximate surface area is 180 Å². The molecule has 1 saturated carbocycles. The topological polar surface area (TPSA) is 181 Å². The molecule has 0 amide bonds. The van der Waals surface area contributed by atoms with Gasteiger partial charge in [-0.25, -0.2) is 0 Å². The van der Waals surface area contributed by atoms with Gasteiger partial charge in [-0.1, -0.05) is 0 Å². The fourth-order valence-corrected chi connectivity index (χ4v) is 3.88. The number of phenolic OH excluding ortho intramolecular Hbond substituents is 3. The van der Waals surface area contributed by atoms with E-state index in [2.05, 4.69) is 0 Å². The van der Waals surface area contributed by atoms with Gasteiger partial charge in [-0.3, -0.25) is 4.79 Å². The minimum absolute atomic E-state index is 0.0215. The molecule has 0 saturated heterocycles. The predicted molar refractivity (Wildman–Crippen MR) is 111 cm³/mol. The molecule has 0 spiro atoms. The van der Waals surface area contributed by atoms with E-state index in [0.29, 0.717) is 5.56 Å². The van der Waals surface area contributed by atoms with Gasteiger partial charge in [0.05, 0.1) is 6.10 Å². The van der Waals surface area contributed by atoms with Crippen LogP contribution in [0.25, 0.3) is 22.3 Å². The van der Waals surface area contributed by atoms with Gasteiger partial charge in [0.1, 0.15) is 46.5 Å². The third kappa shape index (κ3) is 3.84. The monoisotopic (exact) mass is 446 g/mol. The van der Waals surface area contributed by atoms with Crippen LogP contribution in [0.15, 0.2) is 45.6 Å². The molecule has 10 nitrogen and oxygen atoms in total. The lowest BCUT2D eigenvalue weighted by Crippen LogP contribution is -2.56. The number of aliphatic hydroxyl groups is 4. The van der Waals surface area contributed by atoms with Gasteiger partial charge in [0, 0.05) is 36.3 Å². The highest BCUT2D eigenvalue weighted by molar-refractivity contribution is 5.86. The van der Waals surface area contributed by atoms with Crippen molar-refractivity contribution in [3.8, 4) is 34.3 Å². The molecule has 170 valence electrons. The number of phenols is 3. The molecular formula is C22H22O10. The molecule has 10 heteroatoms. The molecule has 32 heavy (non-hydrogen) atoms. The van der Waals surface area contributed by atoms with E-state index in [4.69, 9.17) is 9.15 Å². The van der Waals surface area contributed by atoms with Gasteiger partial charge in [0.25, 0.3) is 0 Å². The average molecular weight is 446 g/mol. The Morgan fingerprint density at radius 1 is 0.906 bits per heavy atom. The minimum Gasteiger partial charge on any atom is -0.507 e. The number of rotatable bonds is 4. The summed E-state index contributed by atoms with van der Waals surface area (Å²) in [5.74, 6) is -1.82. The van der Waals surface area contributed by atoms with Crippen molar-refractivity contribution in [1.82, 2.24) is 0 Å². The number of hydrogen-bond acceptors (Lipinski definition) is 10. The first-order chi connectivity index (χ1) is 15.2. The Morgan fingerprint density at radius 3 is 2.34 bits per heavy atom. The summed E-state index contributed by atoms with van der Waals surface area (Å²) in [4.78, 5) is 12.6. The average Bonchev–Trinajstić information content (AvgIpc) is 2.75. The molecule has 0 bridgehead atoms. The van der Waals surface area contributed by atoms with E-state index in [1.54, 1.807) is 0 Å². The SMILES string of the molecule is O=c1cc(-c2ccc(O)c(O)c2)oc2cc(OC3CC(CO)C(O)C(O)C3O)cc(O)c12. The smallest absolute Gasteiger partial charge is 0.197 e. The van der Waals surface area contributed by atoms with Gasteiger partial charge in [-0.2, -0.15) is 0 Å². The second-order valence-corrected chi connectivity index (χ2v) is 7.80. The van der Waals surface area contributed by atoms with Crippen LogP contribution in [0.3, 0.4) is 0 Å². The lowest BCUT2D eigenvalue weighted by molar-refractivity contribution is -0.156. The van der Waals surface area contributed by atoms with E-state index in [0.717, 1.165) is 12.1 Å². The van der Waals surface area contributed by atoms with E-state index in [1.807, 2.05) is 0 Å². The summed E-state index contributed by atoms with van der Waals surface area (Å²) in [6, 6.07) is 7.47. The highest BCUT2D eigenvalue weighted by Crippen LogP contribution is 2.35. The molecule has 2 aromatic carbocycles. The van der Waals surface area contributed by atoms with E-state index in [9.17, 15) is 40.5 Å². The fraction of sp³-hybridized carbons (Fsp3) is 0.318. The second kappa shape index (κ2) is 8.32. The maximum absolute atomic E-state index is 12.6. The van der Waals surface area contributed by atoms with Crippen LogP contribution < -0.4 is 10.2 Å². The van der Waals surface area contributed by atoms with E-state index >= 15 is 0 Å². The molecule has 1 aromatic heterocycles. The number of aromatic hydroxyl groups is 3. The molecule has 7 N–H and O–H groups in total. The summed E-state index contributed by atoms with van der Waals surface area (Å²) >= 11 is 0. The van der Waals surface area contributed by atoms with Gasteiger partial charge < -0.3 is 44.9 Å². The molecule has 1 aliphatic carbocycles. The van der Waals surface area contributed by atoms with Crippen LogP contribution in [0.4, 0.5) is 0 Å². The first-order valence-electron chi connectivity index (χ1n) is 9.84. The third-order valence-electron chi connectivity index (χ3n) is 5.66. The van der Waals surface area contributed by atoms with Gasteiger partial charge in [-0.05, 0) is 24.6 Å². The first kappa shape index (κ1) is 21.9. The highest BCUT2D eigenvalue weighted by Gasteiger charge is 2.43. The Kier molecular flexibility index (Phi) is 5.70. The van der Waals surface area contributed by atoms with Gasteiger partial charge >= 0.3 is 0 Å². The number of hydrogen-bond donors (Lipinski definition) is 7. The van der Waals surface area contributed by atoms with Crippen LogP contribution in [-0.4, -0.2) is 66.8 Å². The summed E-state index contributed by atoms with van der Waals surface area (Å²) in [5.41, 5.74) is -0.301. The van der Waals surface area contributed by atoms with Crippen LogP contribution in [0.5, 0.6) is 23.0 Å². The molecular weight excluding hydrogens is 424 g/mol. The number of benzene rings is 2. The molecule has 5 atom stereocenters. The normalized spacial score (nSPS) is 25.7. The van der Waals surface area contributed by atoms with Crippen molar-refractivity contribution < 1.29 is 44.9 Å². The maximum Gasteiger partial charge on any atom is 0.197 e. The van der Waals surface area contributed by atoms with Crippen molar-refractivity contribution in [3.05, 3.63) is 46.6 Å². The summed E-state index contributed by atoms with van der Waals surface area (Å²) in [6.07, 6.45) is -5.28. The fourth-order valence-electron chi connectivity index (χ4n) is 3.88. The largest absolute Gasteiger partial charge is 0.507 e. The molecule has 0 radical (unpaired) electrons. The molecule has 3 aromatic rings. The highest BCUT2D eigenvalue weighted by atomic mass is 16.5. The Hall–Kier alpha value is -3.31. The molecule has 1 aliphatic rings. The van der Waals surface area contributed by atoms with Crippen LogP contribution in [0.1, 0.15) is 6.42 Å². The van der Waals surface area contributed by atoms with Crippen LogP contribution in [0.2, 0.25) is 0 Å². The van der Waals surface area contributed by atoms with Crippen molar-refractivity contribution in [2.45, 2.75) is 30.8 Å². The van der Waals surface area contributed by atoms with Gasteiger partial charge in [0.15, 0.2) is 16.9 Å². The minimum atomic E-state index is -1.54. The summed E-state index contributed by atoms with van der Waals surface area (Å²) in [7, 11) is 0. The number of aliphatic hydroxyl groups excluding tert-OH is 4. The number of fused-ring (bicyclic) bond motifs is 1.